The number of nitrogens with two attached hydrogens (primary N) is 1. The molecular weight excluding hydrogens is 296 g/mol. The lowest BCUT2D eigenvalue weighted by Gasteiger charge is -2.40. The van der Waals surface area contributed by atoms with E-state index < -0.39 is 0 Å². The van der Waals surface area contributed by atoms with E-state index in [9.17, 15) is 0 Å². The second-order valence-electron chi connectivity index (χ2n) is 6.68. The van der Waals surface area contributed by atoms with Crippen LogP contribution < -0.4 is 10.5 Å². The zero-order valence-electron chi connectivity index (χ0n) is 14.0. The Hall–Kier alpha value is -0.770. The van der Waals surface area contributed by atoms with E-state index in [1.807, 2.05) is 18.2 Å². The Morgan fingerprint density at radius 2 is 2.00 bits per heavy atom. The third kappa shape index (κ3) is 4.37. The van der Waals surface area contributed by atoms with Gasteiger partial charge < -0.3 is 10.5 Å². The van der Waals surface area contributed by atoms with Gasteiger partial charge in [-0.1, -0.05) is 32.4 Å². The van der Waals surface area contributed by atoms with Crippen LogP contribution in [0.1, 0.15) is 45.2 Å². The standard InChI is InChI=1S/C18H29ClN2O/c1-4-7-22-18-6-5-15(19)9-16(18)17(10-20)21-11-13(2)8-14(3)12-21/h5-6,9,13-14,17H,4,7-8,10-12,20H2,1-3H3. The molecule has 0 saturated carbocycles. The Morgan fingerprint density at radius 3 is 2.59 bits per heavy atom. The first-order valence-corrected chi connectivity index (χ1v) is 8.79. The van der Waals surface area contributed by atoms with Gasteiger partial charge in [-0.2, -0.15) is 0 Å². The molecule has 1 aliphatic heterocycles. The van der Waals surface area contributed by atoms with Crippen LogP contribution in [0.5, 0.6) is 5.75 Å². The molecule has 0 aromatic heterocycles. The smallest absolute Gasteiger partial charge is 0.124 e. The van der Waals surface area contributed by atoms with Gasteiger partial charge in [-0.05, 0) is 42.9 Å². The van der Waals surface area contributed by atoms with Crippen molar-refractivity contribution in [3.8, 4) is 5.75 Å². The van der Waals surface area contributed by atoms with Gasteiger partial charge in [-0.25, -0.2) is 0 Å². The number of hydrogen-bond acceptors (Lipinski definition) is 3. The highest BCUT2D eigenvalue weighted by Gasteiger charge is 2.29. The van der Waals surface area contributed by atoms with Gasteiger partial charge in [0.15, 0.2) is 0 Å². The van der Waals surface area contributed by atoms with Crippen molar-refractivity contribution in [1.29, 1.82) is 0 Å². The van der Waals surface area contributed by atoms with E-state index >= 15 is 0 Å². The molecule has 0 amide bonds. The van der Waals surface area contributed by atoms with Gasteiger partial charge in [0.2, 0.25) is 0 Å². The summed E-state index contributed by atoms with van der Waals surface area (Å²) in [5, 5.41) is 0.746. The van der Waals surface area contributed by atoms with E-state index in [1.165, 1.54) is 6.42 Å². The highest BCUT2D eigenvalue weighted by Crippen LogP contribution is 2.35. The van der Waals surface area contributed by atoms with Crippen LogP contribution in [0.15, 0.2) is 18.2 Å². The minimum absolute atomic E-state index is 0.177. The van der Waals surface area contributed by atoms with Crippen molar-refractivity contribution in [3.63, 3.8) is 0 Å². The summed E-state index contributed by atoms with van der Waals surface area (Å²) in [6.07, 6.45) is 2.29. The quantitative estimate of drug-likeness (QED) is 0.856. The SMILES string of the molecule is CCCOc1ccc(Cl)cc1C(CN)N1CC(C)CC(C)C1. The molecule has 124 valence electrons. The van der Waals surface area contributed by atoms with E-state index in [4.69, 9.17) is 22.1 Å². The fourth-order valence-electron chi connectivity index (χ4n) is 3.56. The first-order chi connectivity index (χ1) is 10.5. The highest BCUT2D eigenvalue weighted by atomic mass is 35.5. The van der Waals surface area contributed by atoms with E-state index in [0.717, 1.165) is 42.5 Å². The summed E-state index contributed by atoms with van der Waals surface area (Å²) in [6.45, 7) is 10.2. The normalized spacial score (nSPS) is 24.2. The lowest BCUT2D eigenvalue weighted by atomic mass is 9.89. The number of rotatable bonds is 6. The maximum absolute atomic E-state index is 6.23. The summed E-state index contributed by atoms with van der Waals surface area (Å²) in [6, 6.07) is 6.07. The van der Waals surface area contributed by atoms with Crippen LogP contribution in [0.3, 0.4) is 0 Å². The van der Waals surface area contributed by atoms with Crippen LogP contribution in [0.25, 0.3) is 0 Å². The van der Waals surface area contributed by atoms with E-state index in [2.05, 4.69) is 25.7 Å². The molecule has 2 rings (SSSR count). The number of ether oxygens (including phenoxy) is 1. The predicted molar refractivity (Wildman–Crippen MR) is 93.6 cm³/mol. The Balaban J connectivity index is 2.27. The van der Waals surface area contributed by atoms with E-state index in [1.54, 1.807) is 0 Å². The van der Waals surface area contributed by atoms with Crippen LogP contribution in [0, 0.1) is 11.8 Å². The van der Waals surface area contributed by atoms with Crippen molar-refractivity contribution in [3.05, 3.63) is 28.8 Å². The fraction of sp³-hybridized carbons (Fsp3) is 0.667. The molecule has 1 heterocycles. The van der Waals surface area contributed by atoms with Gasteiger partial charge in [0.1, 0.15) is 5.75 Å². The number of benzene rings is 1. The van der Waals surface area contributed by atoms with Gasteiger partial charge in [0, 0.05) is 30.2 Å². The third-order valence-corrected chi connectivity index (χ3v) is 4.59. The number of halogens is 1. The zero-order chi connectivity index (χ0) is 16.1. The second-order valence-corrected chi connectivity index (χ2v) is 7.12. The number of hydrogen-bond donors (Lipinski definition) is 1. The molecule has 1 fully saturated rings. The number of nitrogens with zero attached hydrogens (tertiary/aromatic N) is 1. The van der Waals surface area contributed by atoms with Crippen LogP contribution in [0.2, 0.25) is 5.02 Å². The minimum Gasteiger partial charge on any atom is -0.493 e. The summed E-state index contributed by atoms with van der Waals surface area (Å²) >= 11 is 6.23. The summed E-state index contributed by atoms with van der Waals surface area (Å²) < 4.78 is 5.93. The molecule has 0 aliphatic carbocycles. The summed E-state index contributed by atoms with van der Waals surface area (Å²) in [7, 11) is 0. The predicted octanol–water partition coefficient (Wildman–Crippen LogP) is 4.11. The maximum atomic E-state index is 6.23. The van der Waals surface area contributed by atoms with Gasteiger partial charge in [-0.3, -0.25) is 4.90 Å². The molecule has 22 heavy (non-hydrogen) atoms. The summed E-state index contributed by atoms with van der Waals surface area (Å²) in [5.74, 6) is 2.33. The fourth-order valence-corrected chi connectivity index (χ4v) is 3.74. The first kappa shape index (κ1) is 17.6. The van der Waals surface area contributed by atoms with Crippen molar-refractivity contribution < 1.29 is 4.74 Å². The summed E-state index contributed by atoms with van der Waals surface area (Å²) in [4.78, 5) is 2.50. The molecule has 2 N–H and O–H groups in total. The topological polar surface area (TPSA) is 38.5 Å². The zero-order valence-corrected chi connectivity index (χ0v) is 14.8. The molecule has 0 bridgehead atoms. The highest BCUT2D eigenvalue weighted by molar-refractivity contribution is 6.30. The van der Waals surface area contributed by atoms with Crippen LogP contribution in [0.4, 0.5) is 0 Å². The van der Waals surface area contributed by atoms with Gasteiger partial charge in [-0.15, -0.1) is 0 Å². The third-order valence-electron chi connectivity index (χ3n) is 4.35. The monoisotopic (exact) mass is 324 g/mol. The van der Waals surface area contributed by atoms with Crippen LogP contribution >= 0.6 is 11.6 Å². The molecule has 1 aromatic rings. The Morgan fingerprint density at radius 1 is 1.32 bits per heavy atom. The Labute approximate surface area is 139 Å². The molecule has 4 heteroatoms. The molecular formula is C18H29ClN2O. The molecule has 1 aliphatic rings. The van der Waals surface area contributed by atoms with Crippen LogP contribution in [-0.2, 0) is 0 Å². The largest absolute Gasteiger partial charge is 0.493 e. The van der Waals surface area contributed by atoms with Crippen molar-refractivity contribution in [2.75, 3.05) is 26.2 Å². The van der Waals surface area contributed by atoms with Crippen molar-refractivity contribution in [2.45, 2.75) is 39.7 Å². The lowest BCUT2D eigenvalue weighted by Crippen LogP contribution is -2.43. The van der Waals surface area contributed by atoms with Gasteiger partial charge in [0.25, 0.3) is 0 Å². The number of piperidine rings is 1. The Bertz CT molecular complexity index is 470. The van der Waals surface area contributed by atoms with E-state index in [-0.39, 0.29) is 6.04 Å². The van der Waals surface area contributed by atoms with Crippen LogP contribution in [-0.4, -0.2) is 31.1 Å². The number of likely N-dealkylation sites (tertiary alicyclic amines) is 1. The summed E-state index contributed by atoms with van der Waals surface area (Å²) in [5.41, 5.74) is 7.26. The molecule has 0 spiro atoms. The Kier molecular flexibility index (Phi) is 6.54. The molecule has 1 saturated heterocycles. The second kappa shape index (κ2) is 8.19. The average Bonchev–Trinajstić information content (AvgIpc) is 2.46. The first-order valence-electron chi connectivity index (χ1n) is 8.41. The molecule has 0 radical (unpaired) electrons. The molecule has 3 atom stereocenters. The van der Waals surface area contributed by atoms with Gasteiger partial charge >= 0.3 is 0 Å². The van der Waals surface area contributed by atoms with Crippen molar-refractivity contribution in [2.24, 2.45) is 17.6 Å². The maximum Gasteiger partial charge on any atom is 0.124 e. The average molecular weight is 325 g/mol. The lowest BCUT2D eigenvalue weighted by molar-refractivity contribution is 0.0966. The van der Waals surface area contributed by atoms with Gasteiger partial charge in [0.05, 0.1) is 12.6 Å². The van der Waals surface area contributed by atoms with E-state index in [0.29, 0.717) is 18.4 Å². The minimum atomic E-state index is 0.177. The van der Waals surface area contributed by atoms with Crippen molar-refractivity contribution in [1.82, 2.24) is 4.90 Å². The molecule has 1 aromatic carbocycles. The molecule has 3 nitrogen and oxygen atoms in total. The van der Waals surface area contributed by atoms with Crippen molar-refractivity contribution >= 4 is 11.6 Å². The molecule has 3 unspecified atom stereocenters.